The first-order chi connectivity index (χ1) is 26.5. The molecule has 2 aromatic carbocycles. The molecule has 7 rings (SSSR count). The highest BCUT2D eigenvalue weighted by Gasteiger charge is 2.44. The molecule has 3 heterocycles. The molecule has 55 heavy (non-hydrogen) atoms. The Labute approximate surface area is 327 Å². The number of carbonyl (C=O) groups excluding carboxylic acids is 2. The summed E-state index contributed by atoms with van der Waals surface area (Å²) in [5.41, 5.74) is 2.99. The van der Waals surface area contributed by atoms with Gasteiger partial charge < -0.3 is 28.6 Å². The number of rotatable bonds is 6. The van der Waals surface area contributed by atoms with Gasteiger partial charge in [0, 0.05) is 36.2 Å². The van der Waals surface area contributed by atoms with Gasteiger partial charge in [0.15, 0.2) is 5.56 Å². The highest BCUT2D eigenvalue weighted by atomic mass is 35.5. The Hall–Kier alpha value is -4.40. The Kier molecular flexibility index (Phi) is 11.3. The number of aryl methyl sites for hydroxylation is 1. The van der Waals surface area contributed by atoms with Crippen molar-refractivity contribution in [1.82, 2.24) is 14.9 Å². The number of hydrogen-bond acceptors (Lipinski definition) is 11. The Morgan fingerprint density at radius 1 is 1.05 bits per heavy atom. The molecule has 3 aromatic rings. The van der Waals surface area contributed by atoms with Crippen molar-refractivity contribution in [3.8, 4) is 23.3 Å². The number of anilines is 1. The molecule has 2 amide bonds. The number of hydrogen-bond donors (Lipinski definition) is 1. The molecule has 2 aliphatic carbocycles. The van der Waals surface area contributed by atoms with Gasteiger partial charge >= 0.3 is 0 Å². The molecule has 1 spiro atoms. The van der Waals surface area contributed by atoms with Gasteiger partial charge in [-0.3, -0.25) is 14.3 Å². The van der Waals surface area contributed by atoms with Crippen LogP contribution >= 0.6 is 11.6 Å². The van der Waals surface area contributed by atoms with Crippen LogP contribution in [0.3, 0.4) is 0 Å². The zero-order valence-electron chi connectivity index (χ0n) is 31.8. The topological polar surface area (TPSA) is 151 Å². The maximum absolute atomic E-state index is 14.8. The SMILES string of the molecule is COc1nnc(OC)c(C(=O)NS2(=O)=NC(=O)c3ccc4c(c3)N(C[C@@H]3CC[C@H]3[C@@H](OC)/C=C/C[C@H](C)C2)C[C@@]2(CCCc3cc(Cl)ccc32)CO4)c1OC. The maximum atomic E-state index is 14.8. The minimum absolute atomic E-state index is 0.0717. The van der Waals surface area contributed by atoms with Crippen LogP contribution in [0.25, 0.3) is 0 Å². The quantitative estimate of drug-likeness (QED) is 0.284. The summed E-state index contributed by atoms with van der Waals surface area (Å²) in [6.45, 7) is 3.79. The lowest BCUT2D eigenvalue weighted by Crippen LogP contribution is -2.49. The van der Waals surface area contributed by atoms with Gasteiger partial charge in [0.1, 0.15) is 15.7 Å². The molecule has 4 aliphatic rings. The highest BCUT2D eigenvalue weighted by Crippen LogP contribution is 2.47. The molecule has 0 radical (unpaired) electrons. The summed E-state index contributed by atoms with van der Waals surface area (Å²) in [5, 5.41) is 8.54. The Bertz CT molecular complexity index is 2120. The second kappa shape index (κ2) is 16.0. The third-order valence-electron chi connectivity index (χ3n) is 11.5. The van der Waals surface area contributed by atoms with E-state index < -0.39 is 21.7 Å². The zero-order chi connectivity index (χ0) is 38.9. The molecule has 2 bridgehead atoms. The number of carbonyl (C=O) groups is 2. The van der Waals surface area contributed by atoms with Gasteiger partial charge in [0.2, 0.25) is 11.6 Å². The lowest BCUT2D eigenvalue weighted by Gasteiger charge is -2.46. The van der Waals surface area contributed by atoms with Crippen LogP contribution in [0.1, 0.15) is 70.9 Å². The minimum atomic E-state index is -3.75. The van der Waals surface area contributed by atoms with Crippen LogP contribution in [-0.4, -0.2) is 86.2 Å². The molecule has 1 saturated carbocycles. The molecular formula is C40H48ClN5O8S. The first-order valence-corrected chi connectivity index (χ1v) is 20.7. The van der Waals surface area contributed by atoms with E-state index in [1.807, 2.05) is 19.1 Å². The van der Waals surface area contributed by atoms with Crippen LogP contribution in [0, 0.1) is 17.8 Å². The zero-order valence-corrected chi connectivity index (χ0v) is 33.4. The van der Waals surface area contributed by atoms with E-state index in [4.69, 9.17) is 35.3 Å². The predicted molar refractivity (Wildman–Crippen MR) is 209 cm³/mol. The van der Waals surface area contributed by atoms with Crippen molar-refractivity contribution in [3.63, 3.8) is 0 Å². The number of nitrogens with zero attached hydrogens (tertiary/aromatic N) is 4. The van der Waals surface area contributed by atoms with Gasteiger partial charge in [-0.25, -0.2) is 4.21 Å². The number of fused-ring (bicyclic) bond motifs is 4. The average molecular weight is 794 g/mol. The fourth-order valence-corrected chi connectivity index (χ4v) is 10.7. The number of nitrogens with one attached hydrogen (secondary N) is 1. The number of methoxy groups -OCH3 is 4. The number of halogens is 1. The Morgan fingerprint density at radius 2 is 1.85 bits per heavy atom. The molecule has 2 aliphatic heterocycles. The van der Waals surface area contributed by atoms with E-state index in [9.17, 15) is 13.8 Å². The average Bonchev–Trinajstić information content (AvgIpc) is 3.31. The number of allylic oxidation sites excluding steroid dienone is 1. The number of ether oxygens (including phenoxy) is 5. The second-order valence-electron chi connectivity index (χ2n) is 15.0. The van der Waals surface area contributed by atoms with Crippen molar-refractivity contribution >= 4 is 39.0 Å². The van der Waals surface area contributed by atoms with Gasteiger partial charge in [-0.2, -0.15) is 0 Å². The molecular weight excluding hydrogens is 746 g/mol. The summed E-state index contributed by atoms with van der Waals surface area (Å²) < 4.78 is 50.4. The summed E-state index contributed by atoms with van der Waals surface area (Å²) in [4.78, 5) is 30.5. The molecule has 13 nitrogen and oxygen atoms in total. The smallest absolute Gasteiger partial charge is 0.286 e. The minimum Gasteiger partial charge on any atom is -0.490 e. The van der Waals surface area contributed by atoms with E-state index in [1.165, 1.54) is 32.5 Å². The van der Waals surface area contributed by atoms with Crippen LogP contribution in [0.4, 0.5) is 5.69 Å². The van der Waals surface area contributed by atoms with Crippen LogP contribution in [0.5, 0.6) is 23.3 Å². The lowest BCUT2D eigenvalue weighted by molar-refractivity contribution is 0.0131. The largest absolute Gasteiger partial charge is 0.490 e. The van der Waals surface area contributed by atoms with Crippen LogP contribution < -0.4 is 28.6 Å². The number of aromatic nitrogens is 2. The van der Waals surface area contributed by atoms with Crippen molar-refractivity contribution in [1.29, 1.82) is 0 Å². The Balaban J connectivity index is 1.32. The van der Waals surface area contributed by atoms with E-state index in [0.29, 0.717) is 37.2 Å². The van der Waals surface area contributed by atoms with Crippen molar-refractivity contribution in [2.24, 2.45) is 22.1 Å². The third kappa shape index (κ3) is 7.73. The summed E-state index contributed by atoms with van der Waals surface area (Å²) in [6, 6.07) is 11.4. The molecule has 294 valence electrons. The second-order valence-corrected chi connectivity index (χ2v) is 17.5. The third-order valence-corrected chi connectivity index (χ3v) is 13.7. The molecule has 6 atom stereocenters. The van der Waals surface area contributed by atoms with Crippen LogP contribution in [0.15, 0.2) is 52.9 Å². The number of amides is 2. The Morgan fingerprint density at radius 3 is 2.58 bits per heavy atom. The van der Waals surface area contributed by atoms with Crippen molar-refractivity contribution in [3.05, 3.63) is 75.8 Å². The van der Waals surface area contributed by atoms with Crippen molar-refractivity contribution < 1.29 is 37.5 Å². The molecule has 0 saturated heterocycles. The summed E-state index contributed by atoms with van der Waals surface area (Å²) in [7, 11) is 1.98. The summed E-state index contributed by atoms with van der Waals surface area (Å²) in [6.07, 6.45) is 9.53. The molecule has 1 aromatic heterocycles. The fourth-order valence-electron chi connectivity index (χ4n) is 8.62. The lowest BCUT2D eigenvalue weighted by atomic mass is 9.68. The standard InChI is InChI=1S/C40H48ClN5O8S/c1-24-8-6-10-32(50-2)29-14-11-27(29)20-46-22-40(17-7-9-25-18-28(41)13-15-30(25)40)23-54-33-16-12-26(19-31(33)46)36(47)44-55(49,21-24)45-37(48)34-35(51-3)39(53-5)43-42-38(34)52-4/h6,10,12-13,15-16,18-19,24,27,29,32H,7-9,11,14,17,20-23H2,1-5H3,(H,44,45,47,48,49)/b10-6+/t24-,27-,29+,32-,40-,55?/m0/s1. The van der Waals surface area contributed by atoms with Crippen molar-refractivity contribution in [2.45, 2.75) is 57.0 Å². The monoisotopic (exact) mass is 793 g/mol. The molecule has 1 fully saturated rings. The van der Waals surface area contributed by atoms with Crippen LogP contribution in [-0.2, 0) is 26.5 Å². The van der Waals surface area contributed by atoms with Gasteiger partial charge in [-0.1, -0.05) is 36.7 Å². The fraction of sp³-hybridized carbons (Fsp3) is 0.500. The van der Waals surface area contributed by atoms with Crippen LogP contribution in [0.2, 0.25) is 5.02 Å². The predicted octanol–water partition coefficient (Wildman–Crippen LogP) is 6.22. The van der Waals surface area contributed by atoms with Crippen molar-refractivity contribution in [2.75, 3.05) is 58.8 Å². The summed E-state index contributed by atoms with van der Waals surface area (Å²) in [5.74, 6) is -0.999. The maximum Gasteiger partial charge on any atom is 0.286 e. The molecule has 1 N–H and O–H groups in total. The first-order valence-electron chi connectivity index (χ1n) is 18.6. The van der Waals surface area contributed by atoms with E-state index in [0.717, 1.165) is 49.4 Å². The van der Waals surface area contributed by atoms with Gasteiger partial charge in [-0.15, -0.1) is 14.6 Å². The normalized spacial score (nSPS) is 28.3. The van der Waals surface area contributed by atoms with E-state index >= 15 is 0 Å². The number of benzene rings is 2. The van der Waals surface area contributed by atoms with Gasteiger partial charge in [-0.05, 0) is 97.7 Å². The first kappa shape index (κ1) is 38.9. The van der Waals surface area contributed by atoms with E-state index in [2.05, 4.69) is 42.4 Å². The highest BCUT2D eigenvalue weighted by molar-refractivity contribution is 7.92. The summed E-state index contributed by atoms with van der Waals surface area (Å²) >= 11 is 6.47. The molecule has 1 unspecified atom stereocenters. The van der Waals surface area contributed by atoms with E-state index in [1.54, 1.807) is 25.3 Å². The molecule has 15 heteroatoms. The van der Waals surface area contributed by atoms with Gasteiger partial charge in [0.05, 0.1) is 45.5 Å². The van der Waals surface area contributed by atoms with E-state index in [-0.39, 0.29) is 51.8 Å². The van der Waals surface area contributed by atoms with Gasteiger partial charge in [0.25, 0.3) is 17.7 Å².